The molecule has 1 saturated heterocycles. The first-order valence-electron chi connectivity index (χ1n) is 11.8. The van der Waals surface area contributed by atoms with Crippen LogP contribution in [0.3, 0.4) is 0 Å². The van der Waals surface area contributed by atoms with Gasteiger partial charge in [0.2, 0.25) is 5.91 Å². The van der Waals surface area contributed by atoms with E-state index in [-0.39, 0.29) is 29.6 Å². The number of likely N-dealkylation sites (tertiary alicyclic amines) is 1. The molecule has 3 N–H and O–H groups in total. The quantitative estimate of drug-likeness (QED) is 0.532. The Morgan fingerprint density at radius 3 is 2.63 bits per heavy atom. The SMILES string of the molecule is COc1ccc2c3c([nH]c2c1)[C@H](CO)N(C(C)=O)CC31CCN(C(=O)Nc2ccccc2F)CC1. The van der Waals surface area contributed by atoms with Gasteiger partial charge in [0.25, 0.3) is 0 Å². The number of anilines is 1. The van der Waals surface area contributed by atoms with E-state index < -0.39 is 11.9 Å². The summed E-state index contributed by atoms with van der Waals surface area (Å²) in [6.45, 7) is 2.70. The minimum Gasteiger partial charge on any atom is -0.497 e. The molecule has 3 aromatic rings. The number of para-hydroxylation sites is 1. The zero-order chi connectivity index (χ0) is 24.7. The van der Waals surface area contributed by atoms with Gasteiger partial charge in [-0.05, 0) is 42.7 Å². The number of hydrogen-bond donors (Lipinski definition) is 3. The highest BCUT2D eigenvalue weighted by atomic mass is 19.1. The first kappa shape index (κ1) is 23.2. The number of aliphatic hydroxyl groups is 1. The van der Waals surface area contributed by atoms with Crippen molar-refractivity contribution in [1.29, 1.82) is 0 Å². The molecule has 2 aliphatic heterocycles. The first-order chi connectivity index (χ1) is 16.9. The fourth-order valence-corrected chi connectivity index (χ4v) is 5.64. The van der Waals surface area contributed by atoms with Gasteiger partial charge in [0.1, 0.15) is 11.6 Å². The second-order valence-electron chi connectivity index (χ2n) is 9.35. The van der Waals surface area contributed by atoms with Crippen molar-refractivity contribution < 1.29 is 23.8 Å². The van der Waals surface area contributed by atoms with Gasteiger partial charge in [-0.3, -0.25) is 4.79 Å². The summed E-state index contributed by atoms with van der Waals surface area (Å²) in [6, 6.07) is 11.1. The number of benzene rings is 2. The van der Waals surface area contributed by atoms with Crippen LogP contribution in [0.15, 0.2) is 42.5 Å². The number of piperidine rings is 1. The third-order valence-corrected chi connectivity index (χ3v) is 7.45. The highest BCUT2D eigenvalue weighted by Gasteiger charge is 2.48. The molecule has 0 saturated carbocycles. The lowest BCUT2D eigenvalue weighted by molar-refractivity contribution is -0.134. The molecular formula is C26H29FN4O4. The summed E-state index contributed by atoms with van der Waals surface area (Å²) in [5.41, 5.74) is 2.59. The number of hydrogen-bond acceptors (Lipinski definition) is 4. The molecule has 5 rings (SSSR count). The Morgan fingerprint density at radius 1 is 1.23 bits per heavy atom. The number of rotatable bonds is 3. The van der Waals surface area contributed by atoms with Crippen LogP contribution >= 0.6 is 0 Å². The number of carbonyl (C=O) groups excluding carboxylic acids is 2. The zero-order valence-corrected chi connectivity index (χ0v) is 19.8. The Balaban J connectivity index is 1.48. The highest BCUT2D eigenvalue weighted by molar-refractivity contribution is 5.90. The van der Waals surface area contributed by atoms with E-state index in [2.05, 4.69) is 10.3 Å². The van der Waals surface area contributed by atoms with Crippen LogP contribution < -0.4 is 10.1 Å². The van der Waals surface area contributed by atoms with Crippen molar-refractivity contribution in [2.45, 2.75) is 31.2 Å². The normalized spacial score (nSPS) is 19.0. The largest absolute Gasteiger partial charge is 0.497 e. The maximum Gasteiger partial charge on any atom is 0.321 e. The Kier molecular flexibility index (Phi) is 5.88. The van der Waals surface area contributed by atoms with Gasteiger partial charge in [-0.15, -0.1) is 0 Å². The Hall–Kier alpha value is -3.59. The average Bonchev–Trinajstić information content (AvgIpc) is 3.25. The van der Waals surface area contributed by atoms with Crippen molar-refractivity contribution in [3.05, 3.63) is 59.5 Å². The van der Waals surface area contributed by atoms with Crippen LogP contribution in [0.25, 0.3) is 10.9 Å². The summed E-state index contributed by atoms with van der Waals surface area (Å²) in [5, 5.41) is 13.9. The molecule has 35 heavy (non-hydrogen) atoms. The number of nitrogens with zero attached hydrogens (tertiary/aromatic N) is 2. The van der Waals surface area contributed by atoms with Gasteiger partial charge in [0, 0.05) is 54.6 Å². The number of carbonyl (C=O) groups is 2. The summed E-state index contributed by atoms with van der Waals surface area (Å²) in [5.74, 6) is 0.131. The monoisotopic (exact) mass is 480 g/mol. The fraction of sp³-hybridized carbons (Fsp3) is 0.385. The number of halogens is 1. The van der Waals surface area contributed by atoms with Crippen LogP contribution in [0, 0.1) is 5.82 Å². The highest BCUT2D eigenvalue weighted by Crippen LogP contribution is 2.49. The zero-order valence-electron chi connectivity index (χ0n) is 19.8. The van der Waals surface area contributed by atoms with Crippen molar-refractivity contribution in [2.24, 2.45) is 0 Å². The van der Waals surface area contributed by atoms with E-state index in [1.54, 1.807) is 29.0 Å². The Bertz CT molecular complexity index is 1280. The molecular weight excluding hydrogens is 451 g/mol. The molecule has 2 aromatic carbocycles. The molecule has 3 amide bonds. The molecule has 3 heterocycles. The number of amides is 3. The van der Waals surface area contributed by atoms with Gasteiger partial charge in [-0.1, -0.05) is 12.1 Å². The lowest BCUT2D eigenvalue weighted by Gasteiger charge is -2.50. The summed E-state index contributed by atoms with van der Waals surface area (Å²) >= 11 is 0. The van der Waals surface area contributed by atoms with Gasteiger partial charge in [0.05, 0.1) is 25.4 Å². The second-order valence-corrected chi connectivity index (χ2v) is 9.35. The van der Waals surface area contributed by atoms with Crippen molar-refractivity contribution >= 4 is 28.5 Å². The molecule has 1 spiro atoms. The van der Waals surface area contributed by atoms with Crippen LogP contribution in [0.2, 0.25) is 0 Å². The molecule has 0 radical (unpaired) electrons. The lowest BCUT2D eigenvalue weighted by Crippen LogP contribution is -2.55. The van der Waals surface area contributed by atoms with Crippen LogP contribution in [-0.4, -0.2) is 65.2 Å². The molecule has 2 aliphatic rings. The van der Waals surface area contributed by atoms with E-state index in [0.29, 0.717) is 38.2 Å². The van der Waals surface area contributed by atoms with Crippen molar-refractivity contribution in [2.75, 3.05) is 38.7 Å². The van der Waals surface area contributed by atoms with E-state index in [1.165, 1.54) is 19.1 Å². The Morgan fingerprint density at radius 2 is 1.97 bits per heavy atom. The second kappa shape index (κ2) is 8.88. The topological polar surface area (TPSA) is 97.9 Å². The van der Waals surface area contributed by atoms with Crippen molar-refractivity contribution in [3.8, 4) is 5.75 Å². The molecule has 1 aromatic heterocycles. The van der Waals surface area contributed by atoms with Crippen LogP contribution in [-0.2, 0) is 10.2 Å². The number of urea groups is 1. The molecule has 0 unspecified atom stereocenters. The minimum absolute atomic E-state index is 0.106. The van der Waals surface area contributed by atoms with Gasteiger partial charge in [0.15, 0.2) is 0 Å². The predicted octanol–water partition coefficient (Wildman–Crippen LogP) is 3.78. The van der Waals surface area contributed by atoms with E-state index >= 15 is 0 Å². The predicted molar refractivity (Wildman–Crippen MR) is 130 cm³/mol. The Labute approximate surface area is 202 Å². The number of nitrogens with one attached hydrogen (secondary N) is 2. The molecule has 0 bridgehead atoms. The minimum atomic E-state index is -0.479. The fourth-order valence-electron chi connectivity index (χ4n) is 5.64. The number of fused-ring (bicyclic) bond motifs is 4. The lowest BCUT2D eigenvalue weighted by atomic mass is 9.68. The average molecular weight is 481 g/mol. The number of aromatic nitrogens is 1. The standard InChI is InChI=1S/C26H29FN4O4/c1-16(33)31-15-26(9-11-30(12-10-26)25(34)29-20-6-4-3-5-19(20)27)23-18-8-7-17(35-2)13-21(18)28-24(23)22(31)14-32/h3-8,13,22,28,32H,9-12,14-15H2,1-2H3,(H,29,34)/t22-/m0/s1. The number of aliphatic hydroxyl groups excluding tert-OH is 1. The molecule has 184 valence electrons. The summed E-state index contributed by atoms with van der Waals surface area (Å²) < 4.78 is 19.4. The molecule has 1 atom stereocenters. The third kappa shape index (κ3) is 3.89. The van der Waals surface area contributed by atoms with Gasteiger partial charge in [-0.2, -0.15) is 0 Å². The van der Waals surface area contributed by atoms with Gasteiger partial charge >= 0.3 is 6.03 Å². The number of H-pyrrole nitrogens is 1. The van der Waals surface area contributed by atoms with Crippen molar-refractivity contribution in [3.63, 3.8) is 0 Å². The number of methoxy groups -OCH3 is 1. The van der Waals surface area contributed by atoms with Crippen LogP contribution in [0.1, 0.15) is 37.1 Å². The van der Waals surface area contributed by atoms with E-state index in [1.807, 2.05) is 18.2 Å². The van der Waals surface area contributed by atoms with Crippen molar-refractivity contribution in [1.82, 2.24) is 14.8 Å². The summed E-state index contributed by atoms with van der Waals surface area (Å²) in [7, 11) is 1.61. The van der Waals surface area contributed by atoms with E-state index in [0.717, 1.165) is 22.2 Å². The molecule has 8 nitrogen and oxygen atoms in total. The van der Waals surface area contributed by atoms with E-state index in [9.17, 15) is 19.1 Å². The van der Waals surface area contributed by atoms with Gasteiger partial charge in [-0.25, -0.2) is 9.18 Å². The third-order valence-electron chi connectivity index (χ3n) is 7.45. The first-order valence-corrected chi connectivity index (χ1v) is 11.8. The number of aromatic amines is 1. The summed E-state index contributed by atoms with van der Waals surface area (Å²) in [4.78, 5) is 32.3. The number of ether oxygens (including phenoxy) is 1. The maximum atomic E-state index is 14.0. The molecule has 0 aliphatic carbocycles. The molecule has 9 heteroatoms. The van der Waals surface area contributed by atoms with E-state index in [4.69, 9.17) is 4.74 Å². The molecule has 1 fully saturated rings. The van der Waals surface area contributed by atoms with Crippen LogP contribution in [0.4, 0.5) is 14.9 Å². The van der Waals surface area contributed by atoms with Gasteiger partial charge < -0.3 is 29.9 Å². The van der Waals surface area contributed by atoms with Crippen LogP contribution in [0.5, 0.6) is 5.75 Å². The summed E-state index contributed by atoms with van der Waals surface area (Å²) in [6.07, 6.45) is 1.26. The maximum absolute atomic E-state index is 14.0. The smallest absolute Gasteiger partial charge is 0.321 e.